The van der Waals surface area contributed by atoms with E-state index in [4.69, 9.17) is 0 Å². The van der Waals surface area contributed by atoms with Gasteiger partial charge in [0.25, 0.3) is 6.43 Å². The standard InChI is InChI=1S/C10H13F2N3/c11-10(12)8-1-2-9(14-7-8)15-5-3-13-4-6-15/h1-2,7,10,13H,3-6H2. The first-order valence-corrected chi connectivity index (χ1v) is 4.97. The number of piperazine rings is 1. The second-order valence-electron chi connectivity index (χ2n) is 3.49. The lowest BCUT2D eigenvalue weighted by Crippen LogP contribution is -2.43. The highest BCUT2D eigenvalue weighted by Gasteiger charge is 2.12. The van der Waals surface area contributed by atoms with Gasteiger partial charge in [-0.25, -0.2) is 13.8 Å². The van der Waals surface area contributed by atoms with Gasteiger partial charge in [-0.2, -0.15) is 0 Å². The van der Waals surface area contributed by atoms with Gasteiger partial charge in [-0.15, -0.1) is 0 Å². The molecule has 1 N–H and O–H groups in total. The Hall–Kier alpha value is -1.23. The molecular formula is C10H13F2N3. The summed E-state index contributed by atoms with van der Waals surface area (Å²) in [5.74, 6) is 0.779. The van der Waals surface area contributed by atoms with Crippen LogP contribution in [0.1, 0.15) is 12.0 Å². The molecule has 0 unspecified atom stereocenters. The maximum absolute atomic E-state index is 12.3. The third-order valence-corrected chi connectivity index (χ3v) is 2.46. The first-order chi connectivity index (χ1) is 7.27. The van der Waals surface area contributed by atoms with Crippen molar-refractivity contribution in [2.75, 3.05) is 31.1 Å². The van der Waals surface area contributed by atoms with Gasteiger partial charge < -0.3 is 10.2 Å². The van der Waals surface area contributed by atoms with Crippen molar-refractivity contribution in [1.82, 2.24) is 10.3 Å². The molecule has 5 heteroatoms. The van der Waals surface area contributed by atoms with Crippen molar-refractivity contribution in [3.05, 3.63) is 23.9 Å². The van der Waals surface area contributed by atoms with Crippen molar-refractivity contribution in [2.24, 2.45) is 0 Å². The molecule has 2 rings (SSSR count). The summed E-state index contributed by atoms with van der Waals surface area (Å²) in [6.45, 7) is 3.58. The second kappa shape index (κ2) is 4.53. The van der Waals surface area contributed by atoms with Crippen LogP contribution < -0.4 is 10.2 Å². The average Bonchev–Trinajstić information content (AvgIpc) is 2.30. The number of halogens is 2. The zero-order valence-electron chi connectivity index (χ0n) is 8.29. The van der Waals surface area contributed by atoms with Gasteiger partial charge in [0, 0.05) is 37.9 Å². The van der Waals surface area contributed by atoms with E-state index >= 15 is 0 Å². The summed E-state index contributed by atoms with van der Waals surface area (Å²) >= 11 is 0. The van der Waals surface area contributed by atoms with Crippen LogP contribution in [0.2, 0.25) is 0 Å². The van der Waals surface area contributed by atoms with Crippen molar-refractivity contribution in [2.45, 2.75) is 6.43 Å². The van der Waals surface area contributed by atoms with E-state index < -0.39 is 6.43 Å². The molecule has 0 aliphatic carbocycles. The van der Waals surface area contributed by atoms with Crippen molar-refractivity contribution >= 4 is 5.82 Å². The van der Waals surface area contributed by atoms with Gasteiger partial charge >= 0.3 is 0 Å². The molecule has 1 aliphatic rings. The van der Waals surface area contributed by atoms with E-state index in [2.05, 4.69) is 15.2 Å². The van der Waals surface area contributed by atoms with Crippen LogP contribution in [-0.4, -0.2) is 31.2 Å². The van der Waals surface area contributed by atoms with Crippen LogP contribution in [0.25, 0.3) is 0 Å². The molecule has 0 aromatic carbocycles. The number of rotatable bonds is 2. The zero-order chi connectivity index (χ0) is 10.7. The monoisotopic (exact) mass is 213 g/mol. The molecule has 0 spiro atoms. The molecule has 2 heterocycles. The van der Waals surface area contributed by atoms with Gasteiger partial charge in [-0.1, -0.05) is 0 Å². The highest BCUT2D eigenvalue weighted by Crippen LogP contribution is 2.20. The van der Waals surface area contributed by atoms with E-state index in [1.807, 2.05) is 0 Å². The minimum Gasteiger partial charge on any atom is -0.354 e. The molecule has 1 aromatic rings. The van der Waals surface area contributed by atoms with Crippen LogP contribution in [0.5, 0.6) is 0 Å². The Morgan fingerprint density at radius 3 is 2.53 bits per heavy atom. The summed E-state index contributed by atoms with van der Waals surface area (Å²) in [5.41, 5.74) is -0.0196. The Morgan fingerprint density at radius 1 is 1.27 bits per heavy atom. The van der Waals surface area contributed by atoms with E-state index in [1.165, 1.54) is 12.3 Å². The molecule has 82 valence electrons. The first-order valence-electron chi connectivity index (χ1n) is 4.97. The summed E-state index contributed by atoms with van der Waals surface area (Å²) in [6, 6.07) is 3.10. The van der Waals surface area contributed by atoms with E-state index in [9.17, 15) is 8.78 Å². The van der Waals surface area contributed by atoms with Crippen molar-refractivity contribution < 1.29 is 8.78 Å². The molecule has 1 saturated heterocycles. The van der Waals surface area contributed by atoms with Gasteiger partial charge in [0.15, 0.2) is 0 Å². The Morgan fingerprint density at radius 2 is 2.00 bits per heavy atom. The normalized spacial score (nSPS) is 17.1. The highest BCUT2D eigenvalue weighted by atomic mass is 19.3. The molecule has 1 aromatic heterocycles. The molecule has 15 heavy (non-hydrogen) atoms. The lowest BCUT2D eigenvalue weighted by molar-refractivity contribution is 0.151. The molecule has 0 atom stereocenters. The van der Waals surface area contributed by atoms with Gasteiger partial charge in [0.1, 0.15) is 5.82 Å². The van der Waals surface area contributed by atoms with Gasteiger partial charge in [0.05, 0.1) is 0 Å². The number of pyridine rings is 1. The topological polar surface area (TPSA) is 28.2 Å². The predicted molar refractivity (Wildman–Crippen MR) is 54.3 cm³/mol. The number of anilines is 1. The van der Waals surface area contributed by atoms with E-state index in [1.54, 1.807) is 6.07 Å². The largest absolute Gasteiger partial charge is 0.354 e. The Balaban J connectivity index is 2.08. The molecule has 3 nitrogen and oxygen atoms in total. The molecule has 0 radical (unpaired) electrons. The lowest BCUT2D eigenvalue weighted by Gasteiger charge is -2.28. The lowest BCUT2D eigenvalue weighted by atomic mass is 10.3. The molecule has 1 aliphatic heterocycles. The molecule has 0 amide bonds. The minimum atomic E-state index is -2.44. The molecule has 0 bridgehead atoms. The summed E-state index contributed by atoms with van der Waals surface area (Å²) in [7, 11) is 0. The van der Waals surface area contributed by atoms with Crippen LogP contribution >= 0.6 is 0 Å². The van der Waals surface area contributed by atoms with Crippen LogP contribution in [-0.2, 0) is 0 Å². The average molecular weight is 213 g/mol. The van der Waals surface area contributed by atoms with Crippen LogP contribution in [0.4, 0.5) is 14.6 Å². The first kappa shape index (κ1) is 10.3. The van der Waals surface area contributed by atoms with Gasteiger partial charge in [-0.3, -0.25) is 0 Å². The molecule has 0 saturated carbocycles. The van der Waals surface area contributed by atoms with E-state index in [-0.39, 0.29) is 5.56 Å². The number of nitrogens with zero attached hydrogens (tertiary/aromatic N) is 2. The maximum atomic E-state index is 12.3. The number of alkyl halides is 2. The van der Waals surface area contributed by atoms with Crippen molar-refractivity contribution in [3.8, 4) is 0 Å². The predicted octanol–water partition coefficient (Wildman–Crippen LogP) is 1.43. The van der Waals surface area contributed by atoms with Gasteiger partial charge in [-0.05, 0) is 12.1 Å². The molecule has 1 fully saturated rings. The maximum Gasteiger partial charge on any atom is 0.265 e. The molecular weight excluding hydrogens is 200 g/mol. The Bertz CT molecular complexity index is 307. The fraction of sp³-hybridized carbons (Fsp3) is 0.500. The smallest absolute Gasteiger partial charge is 0.265 e. The van der Waals surface area contributed by atoms with Crippen LogP contribution in [0.15, 0.2) is 18.3 Å². The number of hydrogen-bond acceptors (Lipinski definition) is 3. The quantitative estimate of drug-likeness (QED) is 0.805. The van der Waals surface area contributed by atoms with E-state index in [0.29, 0.717) is 0 Å². The second-order valence-corrected chi connectivity index (χ2v) is 3.49. The summed E-state index contributed by atoms with van der Waals surface area (Å²) in [4.78, 5) is 6.13. The third-order valence-electron chi connectivity index (χ3n) is 2.46. The third kappa shape index (κ3) is 2.41. The highest BCUT2D eigenvalue weighted by molar-refractivity contribution is 5.40. The zero-order valence-corrected chi connectivity index (χ0v) is 8.29. The van der Waals surface area contributed by atoms with Crippen molar-refractivity contribution in [3.63, 3.8) is 0 Å². The number of nitrogens with one attached hydrogen (secondary N) is 1. The summed E-state index contributed by atoms with van der Waals surface area (Å²) in [5, 5.41) is 3.22. The van der Waals surface area contributed by atoms with Crippen LogP contribution in [0, 0.1) is 0 Å². The fourth-order valence-corrected chi connectivity index (χ4v) is 1.61. The number of hydrogen-bond donors (Lipinski definition) is 1. The SMILES string of the molecule is FC(F)c1ccc(N2CCNCC2)nc1. The Kier molecular flexibility index (Phi) is 3.11. The van der Waals surface area contributed by atoms with Crippen molar-refractivity contribution in [1.29, 1.82) is 0 Å². The van der Waals surface area contributed by atoms with E-state index in [0.717, 1.165) is 32.0 Å². The summed E-state index contributed by atoms with van der Waals surface area (Å²) < 4.78 is 24.6. The number of aromatic nitrogens is 1. The minimum absolute atomic E-state index is 0.0196. The summed E-state index contributed by atoms with van der Waals surface area (Å²) in [6.07, 6.45) is -1.18. The Labute approximate surface area is 87.1 Å². The van der Waals surface area contributed by atoms with Gasteiger partial charge in [0.2, 0.25) is 0 Å². The van der Waals surface area contributed by atoms with Crippen LogP contribution in [0.3, 0.4) is 0 Å². The fourth-order valence-electron chi connectivity index (χ4n) is 1.61.